The van der Waals surface area contributed by atoms with Crippen LogP contribution in [0.1, 0.15) is 90.9 Å². The van der Waals surface area contributed by atoms with Gasteiger partial charge in [-0.2, -0.15) is 0 Å². The first-order valence-corrected chi connectivity index (χ1v) is 7.64. The SMILES string of the molecule is [CH2]C(CCCCCC)CCCCCCCC. The van der Waals surface area contributed by atoms with E-state index < -0.39 is 0 Å². The summed E-state index contributed by atoms with van der Waals surface area (Å²) in [5.74, 6) is 0.725. The van der Waals surface area contributed by atoms with E-state index in [1.807, 2.05) is 0 Å². The molecule has 0 aromatic rings. The molecule has 0 saturated carbocycles. The molecule has 0 aliphatic carbocycles. The maximum atomic E-state index is 4.27. The molecule has 0 N–H and O–H groups in total. The average Bonchev–Trinajstić information content (AvgIpc) is 2.29. The van der Waals surface area contributed by atoms with Crippen LogP contribution in [0.15, 0.2) is 0 Å². The van der Waals surface area contributed by atoms with Gasteiger partial charge >= 0.3 is 0 Å². The zero-order chi connectivity index (χ0) is 12.1. The molecule has 0 aromatic heterocycles. The zero-order valence-electron chi connectivity index (χ0n) is 11.8. The van der Waals surface area contributed by atoms with Gasteiger partial charge in [0, 0.05) is 0 Å². The third-order valence-electron chi connectivity index (χ3n) is 3.43. The smallest absolute Gasteiger partial charge is 0.0414 e. The maximum Gasteiger partial charge on any atom is -0.0414 e. The van der Waals surface area contributed by atoms with Gasteiger partial charge in [0.1, 0.15) is 0 Å². The van der Waals surface area contributed by atoms with Crippen molar-refractivity contribution < 1.29 is 0 Å². The quantitative estimate of drug-likeness (QED) is 0.349. The van der Waals surface area contributed by atoms with Crippen molar-refractivity contribution in [3.8, 4) is 0 Å². The molecule has 0 spiro atoms. The van der Waals surface area contributed by atoms with Crippen LogP contribution in [0.5, 0.6) is 0 Å². The third kappa shape index (κ3) is 12.1. The fourth-order valence-electron chi connectivity index (χ4n) is 2.22. The van der Waals surface area contributed by atoms with Gasteiger partial charge in [-0.1, -0.05) is 97.8 Å². The third-order valence-corrected chi connectivity index (χ3v) is 3.43. The Kier molecular flexibility index (Phi) is 13.1. The summed E-state index contributed by atoms with van der Waals surface area (Å²) < 4.78 is 0. The summed E-state index contributed by atoms with van der Waals surface area (Å²) in [5, 5.41) is 0. The minimum absolute atomic E-state index is 0.725. The molecule has 1 atom stereocenters. The highest BCUT2D eigenvalue weighted by Gasteiger charge is 2.01. The lowest BCUT2D eigenvalue weighted by atomic mass is 9.96. The minimum atomic E-state index is 0.725. The Bertz CT molecular complexity index is 117. The largest absolute Gasteiger partial charge is 0.0654 e. The molecule has 1 unspecified atom stereocenters. The summed E-state index contributed by atoms with van der Waals surface area (Å²) in [5.41, 5.74) is 0. The van der Waals surface area contributed by atoms with Gasteiger partial charge in [-0.05, 0) is 5.92 Å². The first kappa shape index (κ1) is 16.0. The van der Waals surface area contributed by atoms with Crippen LogP contribution in [0.25, 0.3) is 0 Å². The van der Waals surface area contributed by atoms with Crippen molar-refractivity contribution in [3.05, 3.63) is 6.92 Å². The predicted octanol–water partition coefficient (Wildman–Crippen LogP) is 6.16. The molecule has 97 valence electrons. The van der Waals surface area contributed by atoms with Crippen LogP contribution in [0.3, 0.4) is 0 Å². The van der Waals surface area contributed by atoms with Crippen LogP contribution >= 0.6 is 0 Å². The van der Waals surface area contributed by atoms with Gasteiger partial charge in [-0.3, -0.25) is 0 Å². The monoisotopic (exact) mass is 225 g/mol. The predicted molar refractivity (Wildman–Crippen MR) is 75.6 cm³/mol. The van der Waals surface area contributed by atoms with Crippen molar-refractivity contribution in [2.24, 2.45) is 5.92 Å². The Morgan fingerprint density at radius 2 is 1.00 bits per heavy atom. The normalized spacial score (nSPS) is 12.9. The Morgan fingerprint density at radius 3 is 1.50 bits per heavy atom. The molecule has 0 heteroatoms. The molecule has 0 amide bonds. The summed E-state index contributed by atoms with van der Waals surface area (Å²) in [6, 6.07) is 0. The van der Waals surface area contributed by atoms with E-state index in [1.54, 1.807) is 0 Å². The minimum Gasteiger partial charge on any atom is -0.0654 e. The summed E-state index contributed by atoms with van der Waals surface area (Å²) in [4.78, 5) is 0. The lowest BCUT2D eigenvalue weighted by Gasteiger charge is -2.10. The van der Waals surface area contributed by atoms with Crippen molar-refractivity contribution in [1.29, 1.82) is 0 Å². The summed E-state index contributed by atoms with van der Waals surface area (Å²) >= 11 is 0. The van der Waals surface area contributed by atoms with Crippen LogP contribution in [0.4, 0.5) is 0 Å². The van der Waals surface area contributed by atoms with E-state index in [9.17, 15) is 0 Å². The molecule has 0 nitrogen and oxygen atoms in total. The highest BCUT2D eigenvalue weighted by molar-refractivity contribution is 4.61. The van der Waals surface area contributed by atoms with E-state index in [2.05, 4.69) is 20.8 Å². The molecule has 0 saturated heterocycles. The fourth-order valence-corrected chi connectivity index (χ4v) is 2.22. The topological polar surface area (TPSA) is 0 Å². The van der Waals surface area contributed by atoms with Gasteiger partial charge in [0.15, 0.2) is 0 Å². The summed E-state index contributed by atoms with van der Waals surface area (Å²) in [7, 11) is 0. The van der Waals surface area contributed by atoms with E-state index in [0.717, 1.165) is 5.92 Å². The zero-order valence-corrected chi connectivity index (χ0v) is 11.8. The maximum absolute atomic E-state index is 4.27. The van der Waals surface area contributed by atoms with E-state index in [4.69, 9.17) is 0 Å². The van der Waals surface area contributed by atoms with Crippen molar-refractivity contribution in [2.45, 2.75) is 90.9 Å². The molecular weight excluding hydrogens is 192 g/mol. The van der Waals surface area contributed by atoms with Crippen molar-refractivity contribution >= 4 is 0 Å². The number of rotatable bonds is 12. The van der Waals surface area contributed by atoms with E-state index in [-0.39, 0.29) is 0 Å². The molecule has 0 fully saturated rings. The Hall–Kier alpha value is 0. The van der Waals surface area contributed by atoms with Gasteiger partial charge in [-0.25, -0.2) is 0 Å². The van der Waals surface area contributed by atoms with Crippen LogP contribution in [0.2, 0.25) is 0 Å². The molecule has 0 aromatic carbocycles. The molecule has 0 aliphatic rings. The van der Waals surface area contributed by atoms with E-state index in [0.29, 0.717) is 0 Å². The van der Waals surface area contributed by atoms with E-state index in [1.165, 1.54) is 77.0 Å². The highest BCUT2D eigenvalue weighted by atomic mass is 14.1. The second kappa shape index (κ2) is 13.1. The second-order valence-electron chi connectivity index (χ2n) is 5.27. The van der Waals surface area contributed by atoms with Crippen molar-refractivity contribution in [3.63, 3.8) is 0 Å². The molecule has 0 heterocycles. The fraction of sp³-hybridized carbons (Fsp3) is 0.938. The lowest BCUT2D eigenvalue weighted by Crippen LogP contribution is -1.95. The molecule has 0 bridgehead atoms. The molecule has 0 rings (SSSR count). The van der Waals surface area contributed by atoms with Crippen LogP contribution < -0.4 is 0 Å². The average molecular weight is 225 g/mol. The Labute approximate surface area is 104 Å². The first-order valence-electron chi connectivity index (χ1n) is 7.64. The van der Waals surface area contributed by atoms with Gasteiger partial charge in [0.05, 0.1) is 0 Å². The summed E-state index contributed by atoms with van der Waals surface area (Å²) in [6.07, 6.45) is 16.8. The Morgan fingerprint density at radius 1 is 0.625 bits per heavy atom. The molecule has 1 radical (unpaired) electrons. The number of unbranched alkanes of at least 4 members (excludes halogenated alkanes) is 8. The van der Waals surface area contributed by atoms with Gasteiger partial charge in [0.25, 0.3) is 0 Å². The van der Waals surface area contributed by atoms with Crippen LogP contribution in [-0.2, 0) is 0 Å². The Balaban J connectivity index is 3.08. The number of hydrogen-bond acceptors (Lipinski definition) is 0. The van der Waals surface area contributed by atoms with Crippen molar-refractivity contribution in [2.75, 3.05) is 0 Å². The summed E-state index contributed by atoms with van der Waals surface area (Å²) in [6.45, 7) is 8.83. The van der Waals surface area contributed by atoms with Crippen LogP contribution in [0, 0.1) is 12.8 Å². The van der Waals surface area contributed by atoms with Gasteiger partial charge < -0.3 is 0 Å². The number of hydrogen-bond donors (Lipinski definition) is 0. The van der Waals surface area contributed by atoms with Gasteiger partial charge in [0.2, 0.25) is 0 Å². The second-order valence-corrected chi connectivity index (χ2v) is 5.27. The first-order chi connectivity index (χ1) is 7.81. The van der Waals surface area contributed by atoms with Gasteiger partial charge in [-0.15, -0.1) is 0 Å². The van der Waals surface area contributed by atoms with Crippen LogP contribution in [-0.4, -0.2) is 0 Å². The van der Waals surface area contributed by atoms with E-state index >= 15 is 0 Å². The standard InChI is InChI=1S/C16H33/c1-4-6-8-10-11-13-15-16(3)14-12-9-7-5-2/h16H,3-15H2,1-2H3. The molecule has 16 heavy (non-hydrogen) atoms. The molecular formula is C16H33. The highest BCUT2D eigenvalue weighted by Crippen LogP contribution is 2.17. The molecule has 0 aliphatic heterocycles. The lowest BCUT2D eigenvalue weighted by molar-refractivity contribution is 0.466. The van der Waals surface area contributed by atoms with Crippen molar-refractivity contribution in [1.82, 2.24) is 0 Å².